The molecule has 4 aliphatic carbocycles. The summed E-state index contributed by atoms with van der Waals surface area (Å²) >= 11 is 0. The summed E-state index contributed by atoms with van der Waals surface area (Å²) in [5.74, 6) is 12.1. The molecule has 0 aromatic heterocycles. The zero-order valence-electron chi connectivity index (χ0n) is 13.6. The molecule has 7 unspecified atom stereocenters. The second-order valence-electron chi connectivity index (χ2n) is 8.82. The molecular formula is C19H34N2. The predicted molar refractivity (Wildman–Crippen MR) is 87.5 cm³/mol. The van der Waals surface area contributed by atoms with Gasteiger partial charge in [-0.3, -0.25) is 11.3 Å². The lowest BCUT2D eigenvalue weighted by Crippen LogP contribution is -2.45. The minimum absolute atomic E-state index is 0.609. The highest BCUT2D eigenvalue weighted by Gasteiger charge is 2.42. The van der Waals surface area contributed by atoms with Crippen LogP contribution in [0.25, 0.3) is 0 Å². The minimum atomic E-state index is 0.609. The zero-order chi connectivity index (χ0) is 14.2. The number of hydrogen-bond donors (Lipinski definition) is 2. The molecule has 3 N–H and O–H groups in total. The first kappa shape index (κ1) is 14.5. The van der Waals surface area contributed by atoms with E-state index in [-0.39, 0.29) is 0 Å². The fourth-order valence-electron chi connectivity index (χ4n) is 6.66. The Labute approximate surface area is 130 Å². The summed E-state index contributed by atoms with van der Waals surface area (Å²) in [7, 11) is 0. The Morgan fingerprint density at radius 2 is 1.62 bits per heavy atom. The first-order valence-electron chi connectivity index (χ1n) is 9.79. The number of nitrogens with one attached hydrogen (secondary N) is 1. The summed E-state index contributed by atoms with van der Waals surface area (Å²) in [6.45, 7) is 0. The lowest BCUT2D eigenvalue weighted by molar-refractivity contribution is 0.0985. The maximum Gasteiger partial charge on any atom is 0.0241 e. The Hall–Kier alpha value is -0.0800. The highest BCUT2D eigenvalue weighted by atomic mass is 15.2. The molecule has 4 fully saturated rings. The van der Waals surface area contributed by atoms with E-state index in [1.165, 1.54) is 77.0 Å². The Morgan fingerprint density at radius 1 is 0.810 bits per heavy atom. The molecule has 21 heavy (non-hydrogen) atoms. The molecule has 0 saturated heterocycles. The zero-order valence-corrected chi connectivity index (χ0v) is 13.6. The van der Waals surface area contributed by atoms with Crippen molar-refractivity contribution >= 4 is 0 Å². The van der Waals surface area contributed by atoms with Gasteiger partial charge in [0.25, 0.3) is 0 Å². The van der Waals surface area contributed by atoms with E-state index in [0.717, 1.165) is 35.5 Å². The van der Waals surface area contributed by atoms with Gasteiger partial charge in [0.2, 0.25) is 0 Å². The van der Waals surface area contributed by atoms with Gasteiger partial charge in [-0.2, -0.15) is 0 Å². The van der Waals surface area contributed by atoms with Crippen molar-refractivity contribution in [3.8, 4) is 0 Å². The third kappa shape index (κ3) is 2.91. The minimum Gasteiger partial charge on any atom is -0.271 e. The molecule has 0 amide bonds. The van der Waals surface area contributed by atoms with Crippen LogP contribution in [0.5, 0.6) is 0 Å². The highest BCUT2D eigenvalue weighted by molar-refractivity contribution is 4.94. The van der Waals surface area contributed by atoms with Gasteiger partial charge in [0.1, 0.15) is 0 Å². The lowest BCUT2D eigenvalue weighted by atomic mass is 9.65. The van der Waals surface area contributed by atoms with Crippen LogP contribution in [-0.4, -0.2) is 6.04 Å². The molecule has 0 aromatic rings. The molecule has 0 aromatic carbocycles. The van der Waals surface area contributed by atoms with Gasteiger partial charge in [0.05, 0.1) is 0 Å². The highest BCUT2D eigenvalue weighted by Crippen LogP contribution is 2.51. The third-order valence-electron chi connectivity index (χ3n) is 7.80. The van der Waals surface area contributed by atoms with Crippen molar-refractivity contribution in [3.63, 3.8) is 0 Å². The molecule has 4 saturated carbocycles. The van der Waals surface area contributed by atoms with Crippen LogP contribution in [0.15, 0.2) is 0 Å². The van der Waals surface area contributed by atoms with Gasteiger partial charge in [-0.25, -0.2) is 0 Å². The Kier molecular flexibility index (Phi) is 4.28. The molecule has 2 bridgehead atoms. The van der Waals surface area contributed by atoms with E-state index in [1.807, 2.05) is 0 Å². The van der Waals surface area contributed by atoms with Crippen molar-refractivity contribution in [2.75, 3.05) is 0 Å². The molecule has 4 rings (SSSR count). The summed E-state index contributed by atoms with van der Waals surface area (Å²) in [5.41, 5.74) is 3.25. The SMILES string of the molecule is NNC(CC1CC2CCC1C2)C1CCC2CCCCC2C1. The topological polar surface area (TPSA) is 38.0 Å². The van der Waals surface area contributed by atoms with Gasteiger partial charge in [0, 0.05) is 6.04 Å². The second kappa shape index (κ2) is 6.20. The van der Waals surface area contributed by atoms with Gasteiger partial charge >= 0.3 is 0 Å². The van der Waals surface area contributed by atoms with Crippen molar-refractivity contribution in [1.29, 1.82) is 0 Å². The molecule has 0 heterocycles. The van der Waals surface area contributed by atoms with Gasteiger partial charge in [-0.1, -0.05) is 32.1 Å². The van der Waals surface area contributed by atoms with Crippen LogP contribution in [0, 0.1) is 35.5 Å². The summed E-state index contributed by atoms with van der Waals surface area (Å²) in [6, 6.07) is 0.609. The summed E-state index contributed by atoms with van der Waals surface area (Å²) < 4.78 is 0. The van der Waals surface area contributed by atoms with Gasteiger partial charge in [-0.05, 0) is 80.5 Å². The van der Waals surface area contributed by atoms with E-state index in [9.17, 15) is 0 Å². The average Bonchev–Trinajstić information content (AvgIpc) is 3.15. The number of nitrogens with two attached hydrogens (primary N) is 1. The molecule has 2 nitrogen and oxygen atoms in total. The second-order valence-corrected chi connectivity index (χ2v) is 8.82. The molecule has 4 aliphatic rings. The number of rotatable bonds is 4. The van der Waals surface area contributed by atoms with Crippen molar-refractivity contribution in [2.45, 2.75) is 83.1 Å². The fourth-order valence-corrected chi connectivity index (χ4v) is 6.66. The molecular weight excluding hydrogens is 256 g/mol. The first-order chi connectivity index (χ1) is 10.3. The van der Waals surface area contributed by atoms with Crippen LogP contribution in [0.3, 0.4) is 0 Å². The fraction of sp³-hybridized carbons (Fsp3) is 1.00. The smallest absolute Gasteiger partial charge is 0.0241 e. The van der Waals surface area contributed by atoms with E-state index in [0.29, 0.717) is 6.04 Å². The monoisotopic (exact) mass is 290 g/mol. The predicted octanol–water partition coefficient (Wildman–Crippen LogP) is 4.25. The summed E-state index contributed by atoms with van der Waals surface area (Å²) in [4.78, 5) is 0. The van der Waals surface area contributed by atoms with Gasteiger partial charge in [0.15, 0.2) is 0 Å². The van der Waals surface area contributed by atoms with E-state index in [2.05, 4.69) is 5.43 Å². The van der Waals surface area contributed by atoms with Crippen LogP contribution in [0.2, 0.25) is 0 Å². The van der Waals surface area contributed by atoms with Crippen LogP contribution < -0.4 is 11.3 Å². The maximum atomic E-state index is 6.00. The molecule has 0 aliphatic heterocycles. The third-order valence-corrected chi connectivity index (χ3v) is 7.80. The van der Waals surface area contributed by atoms with Crippen LogP contribution in [0.4, 0.5) is 0 Å². The van der Waals surface area contributed by atoms with E-state index in [1.54, 1.807) is 0 Å². The largest absolute Gasteiger partial charge is 0.271 e. The lowest BCUT2D eigenvalue weighted by Gasteiger charge is -2.42. The average molecular weight is 290 g/mol. The van der Waals surface area contributed by atoms with E-state index >= 15 is 0 Å². The quantitative estimate of drug-likeness (QED) is 0.600. The van der Waals surface area contributed by atoms with Gasteiger partial charge in [-0.15, -0.1) is 0 Å². The molecule has 7 atom stereocenters. The van der Waals surface area contributed by atoms with Crippen LogP contribution in [0.1, 0.15) is 77.0 Å². The first-order valence-corrected chi connectivity index (χ1v) is 9.79. The van der Waals surface area contributed by atoms with E-state index < -0.39 is 0 Å². The maximum absolute atomic E-state index is 6.00. The molecule has 0 radical (unpaired) electrons. The standard InChI is InChI=1S/C19H34N2/c20-21-19(12-18-10-13-5-6-16(18)9-13)17-8-7-14-3-1-2-4-15(14)11-17/h13-19,21H,1-12,20H2. The normalized spacial score (nSPS) is 47.3. The Morgan fingerprint density at radius 3 is 2.33 bits per heavy atom. The molecule has 0 spiro atoms. The molecule has 120 valence electrons. The van der Waals surface area contributed by atoms with Crippen LogP contribution >= 0.6 is 0 Å². The summed E-state index contributed by atoms with van der Waals surface area (Å²) in [6.07, 6.45) is 17.9. The number of hydrazine groups is 1. The van der Waals surface area contributed by atoms with Crippen molar-refractivity contribution in [1.82, 2.24) is 5.43 Å². The van der Waals surface area contributed by atoms with Crippen molar-refractivity contribution in [2.24, 2.45) is 41.4 Å². The Bertz CT molecular complexity index is 355. The van der Waals surface area contributed by atoms with E-state index in [4.69, 9.17) is 5.84 Å². The molecule has 2 heteroatoms. The number of fused-ring (bicyclic) bond motifs is 3. The van der Waals surface area contributed by atoms with Gasteiger partial charge < -0.3 is 0 Å². The summed E-state index contributed by atoms with van der Waals surface area (Å²) in [5, 5.41) is 0. The Balaban J connectivity index is 1.35. The van der Waals surface area contributed by atoms with Crippen LogP contribution in [-0.2, 0) is 0 Å². The van der Waals surface area contributed by atoms with Crippen molar-refractivity contribution in [3.05, 3.63) is 0 Å². The van der Waals surface area contributed by atoms with Crippen molar-refractivity contribution < 1.29 is 0 Å². The number of hydrogen-bond acceptors (Lipinski definition) is 2.